The molecule has 0 aliphatic carbocycles. The van der Waals surface area contributed by atoms with E-state index in [1.807, 2.05) is 11.0 Å². The monoisotopic (exact) mass is 354 g/mol. The van der Waals surface area contributed by atoms with Gasteiger partial charge in [-0.2, -0.15) is 5.26 Å². The summed E-state index contributed by atoms with van der Waals surface area (Å²) in [6.07, 6.45) is 3.62. The molecular weight excluding hydrogens is 335 g/mol. The highest BCUT2D eigenvalue weighted by molar-refractivity contribution is 5.77. The molecule has 26 heavy (non-hydrogen) atoms. The Labute approximate surface area is 151 Å². The number of aromatic nitrogens is 2. The Morgan fingerprint density at radius 3 is 2.62 bits per heavy atom. The number of hydrogen-bond acceptors (Lipinski definition) is 6. The van der Waals surface area contributed by atoms with Crippen LogP contribution in [-0.2, 0) is 4.79 Å². The van der Waals surface area contributed by atoms with E-state index in [4.69, 9.17) is 5.26 Å². The Hall–Kier alpha value is -3.21. The van der Waals surface area contributed by atoms with Crippen LogP contribution in [0.5, 0.6) is 0 Å². The Morgan fingerprint density at radius 2 is 1.92 bits per heavy atom. The average molecular weight is 354 g/mol. The SMILES string of the molecule is N#Cc1c(F)cccc1N1CCN(C(=O)CCNc2ncccn2)CC1. The summed E-state index contributed by atoms with van der Waals surface area (Å²) in [5, 5.41) is 12.2. The summed E-state index contributed by atoms with van der Waals surface area (Å²) in [5.41, 5.74) is 0.641. The van der Waals surface area contributed by atoms with Crippen LogP contribution in [-0.4, -0.2) is 53.5 Å². The molecule has 1 amide bonds. The van der Waals surface area contributed by atoms with Gasteiger partial charge in [-0.25, -0.2) is 14.4 Å². The van der Waals surface area contributed by atoms with E-state index >= 15 is 0 Å². The molecule has 134 valence electrons. The molecule has 2 heterocycles. The van der Waals surface area contributed by atoms with Gasteiger partial charge in [0.05, 0.1) is 5.69 Å². The Balaban J connectivity index is 1.50. The first-order valence-electron chi connectivity index (χ1n) is 8.41. The Bertz CT molecular complexity index is 799. The topological polar surface area (TPSA) is 85.2 Å². The van der Waals surface area contributed by atoms with Crippen molar-refractivity contribution in [1.29, 1.82) is 5.26 Å². The van der Waals surface area contributed by atoms with Crippen LogP contribution in [0.3, 0.4) is 0 Å². The van der Waals surface area contributed by atoms with E-state index in [-0.39, 0.29) is 11.5 Å². The lowest BCUT2D eigenvalue weighted by atomic mass is 10.1. The zero-order valence-corrected chi connectivity index (χ0v) is 14.2. The molecule has 3 rings (SSSR count). The first-order chi connectivity index (χ1) is 12.7. The second-order valence-electron chi connectivity index (χ2n) is 5.86. The number of nitrogens with one attached hydrogen (secondary N) is 1. The second kappa shape index (κ2) is 8.25. The maximum absolute atomic E-state index is 13.8. The van der Waals surface area contributed by atoms with Crippen LogP contribution >= 0.6 is 0 Å². The largest absolute Gasteiger partial charge is 0.367 e. The standard InChI is InChI=1S/C18H19FN6O/c19-15-3-1-4-16(14(15)13-20)24-9-11-25(12-10-24)17(26)5-8-23-18-21-6-2-7-22-18/h1-4,6-7H,5,8-12H2,(H,21,22,23). The first-order valence-corrected chi connectivity index (χ1v) is 8.41. The number of nitriles is 1. The summed E-state index contributed by atoms with van der Waals surface area (Å²) in [5.74, 6) is 0.0331. The van der Waals surface area contributed by atoms with E-state index in [1.165, 1.54) is 6.07 Å². The average Bonchev–Trinajstić information content (AvgIpc) is 2.68. The normalized spacial score (nSPS) is 14.0. The molecule has 7 nitrogen and oxygen atoms in total. The number of benzene rings is 1. The van der Waals surface area contributed by atoms with Crippen molar-refractivity contribution >= 4 is 17.5 Å². The molecule has 0 saturated carbocycles. The predicted molar refractivity (Wildman–Crippen MR) is 95.0 cm³/mol. The van der Waals surface area contributed by atoms with E-state index in [0.717, 1.165) is 0 Å². The first kappa shape index (κ1) is 17.6. The molecule has 1 N–H and O–H groups in total. The van der Waals surface area contributed by atoms with Crippen molar-refractivity contribution in [3.05, 3.63) is 48.0 Å². The van der Waals surface area contributed by atoms with Gasteiger partial charge < -0.3 is 15.1 Å². The number of carbonyl (C=O) groups excluding carboxylic acids is 1. The molecule has 2 aromatic rings. The molecule has 0 radical (unpaired) electrons. The van der Waals surface area contributed by atoms with Crippen molar-refractivity contribution in [3.8, 4) is 6.07 Å². The van der Waals surface area contributed by atoms with Crippen LogP contribution in [0.2, 0.25) is 0 Å². The van der Waals surface area contributed by atoms with Crippen LogP contribution in [0.15, 0.2) is 36.7 Å². The molecule has 0 bridgehead atoms. The zero-order chi connectivity index (χ0) is 18.4. The van der Waals surface area contributed by atoms with Gasteiger partial charge in [-0.1, -0.05) is 6.07 Å². The van der Waals surface area contributed by atoms with Gasteiger partial charge in [-0.3, -0.25) is 4.79 Å². The van der Waals surface area contributed by atoms with Gasteiger partial charge in [0, 0.05) is 51.5 Å². The number of rotatable bonds is 5. The smallest absolute Gasteiger partial charge is 0.224 e. The molecule has 1 aromatic carbocycles. The fraction of sp³-hybridized carbons (Fsp3) is 0.333. The Morgan fingerprint density at radius 1 is 1.19 bits per heavy atom. The number of halogens is 1. The van der Waals surface area contributed by atoms with Gasteiger partial charge in [0.25, 0.3) is 0 Å². The maximum atomic E-state index is 13.8. The lowest BCUT2D eigenvalue weighted by molar-refractivity contribution is -0.131. The van der Waals surface area contributed by atoms with Crippen LogP contribution in [0.25, 0.3) is 0 Å². The van der Waals surface area contributed by atoms with Gasteiger partial charge in [0.15, 0.2) is 0 Å². The fourth-order valence-electron chi connectivity index (χ4n) is 2.91. The molecule has 0 atom stereocenters. The van der Waals surface area contributed by atoms with Crippen LogP contribution in [0.4, 0.5) is 16.0 Å². The number of carbonyl (C=O) groups is 1. The summed E-state index contributed by atoms with van der Waals surface area (Å²) in [6, 6.07) is 8.27. The van der Waals surface area contributed by atoms with Gasteiger partial charge in [0.2, 0.25) is 11.9 Å². The fourth-order valence-corrected chi connectivity index (χ4v) is 2.91. The van der Waals surface area contributed by atoms with E-state index in [0.29, 0.717) is 50.8 Å². The van der Waals surface area contributed by atoms with Crippen molar-refractivity contribution < 1.29 is 9.18 Å². The minimum Gasteiger partial charge on any atom is -0.367 e. The van der Waals surface area contributed by atoms with Gasteiger partial charge >= 0.3 is 0 Å². The highest BCUT2D eigenvalue weighted by atomic mass is 19.1. The molecule has 1 aliphatic heterocycles. The predicted octanol–water partition coefficient (Wildman–Crippen LogP) is 1.64. The molecular formula is C18H19FN6O. The van der Waals surface area contributed by atoms with Gasteiger partial charge in [0.1, 0.15) is 17.4 Å². The van der Waals surface area contributed by atoms with Crippen molar-refractivity contribution in [1.82, 2.24) is 14.9 Å². The third-order valence-corrected chi connectivity index (χ3v) is 4.26. The lowest BCUT2D eigenvalue weighted by Crippen LogP contribution is -2.49. The minimum atomic E-state index is -0.516. The molecule has 0 spiro atoms. The summed E-state index contributed by atoms with van der Waals surface area (Å²) in [6.45, 7) is 2.69. The molecule has 1 aliphatic rings. The molecule has 8 heteroatoms. The van der Waals surface area contributed by atoms with Crippen LogP contribution in [0.1, 0.15) is 12.0 Å². The van der Waals surface area contributed by atoms with Crippen molar-refractivity contribution in [2.45, 2.75) is 6.42 Å². The quantitative estimate of drug-likeness (QED) is 0.879. The number of amides is 1. The molecule has 0 unspecified atom stereocenters. The van der Waals surface area contributed by atoms with Crippen LogP contribution < -0.4 is 10.2 Å². The summed E-state index contributed by atoms with van der Waals surface area (Å²) < 4.78 is 13.8. The summed E-state index contributed by atoms with van der Waals surface area (Å²) in [4.78, 5) is 24.1. The van der Waals surface area contributed by atoms with E-state index in [9.17, 15) is 9.18 Å². The molecule has 1 fully saturated rings. The lowest BCUT2D eigenvalue weighted by Gasteiger charge is -2.36. The number of anilines is 2. The summed E-state index contributed by atoms with van der Waals surface area (Å²) >= 11 is 0. The number of piperazine rings is 1. The van der Waals surface area contributed by atoms with Crippen molar-refractivity contribution in [2.24, 2.45) is 0 Å². The number of hydrogen-bond donors (Lipinski definition) is 1. The van der Waals surface area contributed by atoms with Gasteiger partial charge in [-0.15, -0.1) is 0 Å². The molecule has 1 saturated heterocycles. The summed E-state index contributed by atoms with van der Waals surface area (Å²) in [7, 11) is 0. The third-order valence-electron chi connectivity index (χ3n) is 4.26. The highest BCUT2D eigenvalue weighted by Gasteiger charge is 2.23. The maximum Gasteiger partial charge on any atom is 0.224 e. The second-order valence-corrected chi connectivity index (χ2v) is 5.86. The third kappa shape index (κ3) is 4.06. The highest BCUT2D eigenvalue weighted by Crippen LogP contribution is 2.23. The Kier molecular flexibility index (Phi) is 5.59. The van der Waals surface area contributed by atoms with Crippen molar-refractivity contribution in [3.63, 3.8) is 0 Å². The van der Waals surface area contributed by atoms with E-state index in [2.05, 4.69) is 15.3 Å². The minimum absolute atomic E-state index is 0.0489. The number of nitrogens with zero attached hydrogens (tertiary/aromatic N) is 5. The van der Waals surface area contributed by atoms with Gasteiger partial charge in [-0.05, 0) is 18.2 Å². The van der Waals surface area contributed by atoms with E-state index in [1.54, 1.807) is 35.5 Å². The van der Waals surface area contributed by atoms with Crippen LogP contribution in [0, 0.1) is 17.1 Å². The zero-order valence-electron chi connectivity index (χ0n) is 14.2. The molecule has 1 aromatic heterocycles. The van der Waals surface area contributed by atoms with E-state index < -0.39 is 5.82 Å². The van der Waals surface area contributed by atoms with Crippen molar-refractivity contribution in [2.75, 3.05) is 42.9 Å².